The third-order valence-corrected chi connectivity index (χ3v) is 3.75. The van der Waals surface area contributed by atoms with Gasteiger partial charge >= 0.3 is 6.18 Å². The van der Waals surface area contributed by atoms with Crippen LogP contribution in [-0.2, 0) is 10.3 Å². The van der Waals surface area contributed by atoms with Crippen molar-refractivity contribution in [3.63, 3.8) is 0 Å². The molecule has 0 fully saturated rings. The van der Waals surface area contributed by atoms with E-state index in [1.54, 1.807) is 25.1 Å². The van der Waals surface area contributed by atoms with Crippen LogP contribution in [0.3, 0.4) is 0 Å². The van der Waals surface area contributed by atoms with Gasteiger partial charge in [-0.2, -0.15) is 13.2 Å². The van der Waals surface area contributed by atoms with Gasteiger partial charge in [-0.05, 0) is 41.9 Å². The monoisotopic (exact) mass is 351 g/mol. The van der Waals surface area contributed by atoms with Crippen LogP contribution in [0.25, 0.3) is 0 Å². The first-order valence-corrected chi connectivity index (χ1v) is 6.57. The number of pyridine rings is 1. The lowest BCUT2D eigenvalue weighted by Crippen LogP contribution is -2.60. The molecule has 0 radical (unpaired) electrons. The van der Waals surface area contributed by atoms with Gasteiger partial charge in [-0.1, -0.05) is 6.07 Å². The first kappa shape index (κ1) is 15.2. The highest BCUT2D eigenvalue weighted by Crippen LogP contribution is 2.40. The summed E-state index contributed by atoms with van der Waals surface area (Å²) in [6.07, 6.45) is -4.62. The summed E-state index contributed by atoms with van der Waals surface area (Å²) >= 11 is 3.21. The van der Waals surface area contributed by atoms with Crippen LogP contribution >= 0.6 is 15.9 Å². The molecule has 0 spiro atoms. The van der Waals surface area contributed by atoms with Crippen LogP contribution in [0.15, 0.2) is 27.8 Å². The molecule has 2 N–H and O–H groups in total. The minimum atomic E-state index is -4.62. The summed E-state index contributed by atoms with van der Waals surface area (Å²) in [5.41, 5.74) is 2.40. The Morgan fingerprint density at radius 3 is 2.50 bits per heavy atom. The number of hydrogen-bond acceptors (Lipinski definition) is 4. The number of alkyl halides is 3. The average Bonchev–Trinajstić information content (AvgIpc) is 2.33. The van der Waals surface area contributed by atoms with E-state index in [9.17, 15) is 13.2 Å². The summed E-state index contributed by atoms with van der Waals surface area (Å²) in [6.45, 7) is 2.25. The van der Waals surface area contributed by atoms with E-state index in [0.29, 0.717) is 10.3 Å². The summed E-state index contributed by atoms with van der Waals surface area (Å²) in [5, 5.41) is 0. The van der Waals surface area contributed by atoms with Gasteiger partial charge in [-0.15, -0.1) is 0 Å². The standard InChI is InChI=1S/C12H13BrF3N3O/c1-10(7-4-3-5-8(13)18-7)6-20-11(2,9(17)19-10)12(14,15)16/h3-5H,6H2,1-2H3,(H2,17,19)/t10-,11+/m0/s1. The first-order chi connectivity index (χ1) is 9.08. The maximum atomic E-state index is 13.0. The van der Waals surface area contributed by atoms with Crippen molar-refractivity contribution in [1.82, 2.24) is 4.98 Å². The molecule has 0 saturated carbocycles. The Hall–Kier alpha value is -1.15. The molecule has 1 aliphatic heterocycles. The minimum Gasteiger partial charge on any atom is -0.385 e. The fourth-order valence-electron chi connectivity index (χ4n) is 1.83. The molecule has 2 heterocycles. The van der Waals surface area contributed by atoms with E-state index in [-0.39, 0.29) is 6.61 Å². The van der Waals surface area contributed by atoms with E-state index >= 15 is 0 Å². The van der Waals surface area contributed by atoms with Gasteiger partial charge in [0.15, 0.2) is 0 Å². The van der Waals surface area contributed by atoms with Crippen molar-refractivity contribution in [3.05, 3.63) is 28.5 Å². The molecule has 0 amide bonds. The van der Waals surface area contributed by atoms with E-state index in [4.69, 9.17) is 10.5 Å². The van der Waals surface area contributed by atoms with Crippen LogP contribution < -0.4 is 5.73 Å². The van der Waals surface area contributed by atoms with Crippen molar-refractivity contribution >= 4 is 21.8 Å². The Morgan fingerprint density at radius 1 is 1.35 bits per heavy atom. The second-order valence-corrected chi connectivity index (χ2v) is 5.75. The highest BCUT2D eigenvalue weighted by atomic mass is 79.9. The van der Waals surface area contributed by atoms with Gasteiger partial charge in [-0.3, -0.25) is 4.99 Å². The number of aliphatic imine (C=N–C) groups is 1. The highest BCUT2D eigenvalue weighted by molar-refractivity contribution is 9.10. The predicted octanol–water partition coefficient (Wildman–Crippen LogP) is 2.77. The van der Waals surface area contributed by atoms with E-state index in [1.807, 2.05) is 0 Å². The van der Waals surface area contributed by atoms with Gasteiger partial charge in [-0.25, -0.2) is 4.98 Å². The van der Waals surface area contributed by atoms with Crippen molar-refractivity contribution in [2.75, 3.05) is 6.61 Å². The van der Waals surface area contributed by atoms with Crippen LogP contribution in [0.1, 0.15) is 19.5 Å². The van der Waals surface area contributed by atoms with Crippen LogP contribution in [0.4, 0.5) is 13.2 Å². The van der Waals surface area contributed by atoms with Crippen molar-refractivity contribution in [2.45, 2.75) is 31.2 Å². The molecule has 20 heavy (non-hydrogen) atoms. The average molecular weight is 352 g/mol. The molecule has 2 rings (SSSR count). The second kappa shape index (κ2) is 4.70. The zero-order valence-corrected chi connectivity index (χ0v) is 12.4. The van der Waals surface area contributed by atoms with Crippen LogP contribution in [0, 0.1) is 0 Å². The van der Waals surface area contributed by atoms with Crippen LogP contribution in [0.2, 0.25) is 0 Å². The van der Waals surface area contributed by atoms with E-state index in [1.165, 1.54) is 0 Å². The number of amidine groups is 1. The highest BCUT2D eigenvalue weighted by Gasteiger charge is 2.59. The van der Waals surface area contributed by atoms with E-state index in [2.05, 4.69) is 25.9 Å². The lowest BCUT2D eigenvalue weighted by atomic mass is 9.94. The summed E-state index contributed by atoms with van der Waals surface area (Å²) in [6, 6.07) is 5.10. The van der Waals surface area contributed by atoms with Crippen molar-refractivity contribution in [3.8, 4) is 0 Å². The zero-order valence-electron chi connectivity index (χ0n) is 10.8. The Kier molecular flexibility index (Phi) is 3.58. The largest absolute Gasteiger partial charge is 0.424 e. The summed E-state index contributed by atoms with van der Waals surface area (Å²) in [4.78, 5) is 8.22. The second-order valence-electron chi connectivity index (χ2n) is 4.94. The number of nitrogens with zero attached hydrogens (tertiary/aromatic N) is 2. The predicted molar refractivity (Wildman–Crippen MR) is 71.3 cm³/mol. The van der Waals surface area contributed by atoms with Gasteiger partial charge in [0, 0.05) is 0 Å². The van der Waals surface area contributed by atoms with Gasteiger partial charge < -0.3 is 10.5 Å². The Labute approximate surface area is 122 Å². The molecule has 2 atom stereocenters. The molecule has 0 aromatic carbocycles. The molecule has 0 saturated heterocycles. The normalized spacial score (nSPS) is 31.0. The summed E-state index contributed by atoms with van der Waals surface area (Å²) in [7, 11) is 0. The van der Waals surface area contributed by atoms with E-state index < -0.39 is 23.2 Å². The number of aromatic nitrogens is 1. The quantitative estimate of drug-likeness (QED) is 0.791. The topological polar surface area (TPSA) is 60.5 Å². The fourth-order valence-corrected chi connectivity index (χ4v) is 2.17. The maximum absolute atomic E-state index is 13.0. The van der Waals surface area contributed by atoms with Gasteiger partial charge in [0.1, 0.15) is 16.0 Å². The summed E-state index contributed by atoms with van der Waals surface area (Å²) in [5.74, 6) is -0.597. The van der Waals surface area contributed by atoms with Gasteiger partial charge in [0.05, 0.1) is 12.3 Å². The molecule has 0 unspecified atom stereocenters. The van der Waals surface area contributed by atoms with Crippen molar-refractivity contribution in [2.24, 2.45) is 10.7 Å². The zero-order chi connectivity index (χ0) is 15.2. The molecule has 8 heteroatoms. The molecule has 1 aromatic rings. The SMILES string of the molecule is C[C@@]1(c2cccc(Br)n2)CO[C@@](C)(C(F)(F)F)C(N)=N1. The third-order valence-electron chi connectivity index (χ3n) is 3.31. The molecule has 0 bridgehead atoms. The van der Waals surface area contributed by atoms with Crippen molar-refractivity contribution < 1.29 is 17.9 Å². The number of hydrogen-bond donors (Lipinski definition) is 1. The summed E-state index contributed by atoms with van der Waals surface area (Å²) < 4.78 is 44.5. The van der Waals surface area contributed by atoms with Gasteiger partial charge in [0.25, 0.3) is 0 Å². The maximum Gasteiger partial charge on any atom is 0.424 e. The lowest BCUT2D eigenvalue weighted by Gasteiger charge is -2.40. The molecule has 110 valence electrons. The molecule has 1 aliphatic rings. The molecule has 1 aromatic heterocycles. The smallest absolute Gasteiger partial charge is 0.385 e. The number of ether oxygens (including phenoxy) is 1. The lowest BCUT2D eigenvalue weighted by molar-refractivity contribution is -0.249. The number of rotatable bonds is 1. The number of halogens is 4. The van der Waals surface area contributed by atoms with Gasteiger partial charge in [0.2, 0.25) is 5.60 Å². The molecular weight excluding hydrogens is 339 g/mol. The van der Waals surface area contributed by atoms with E-state index in [0.717, 1.165) is 6.92 Å². The minimum absolute atomic E-state index is 0.257. The Morgan fingerprint density at radius 2 is 2.00 bits per heavy atom. The first-order valence-electron chi connectivity index (χ1n) is 5.78. The van der Waals surface area contributed by atoms with Crippen molar-refractivity contribution in [1.29, 1.82) is 0 Å². The van der Waals surface area contributed by atoms with Crippen LogP contribution in [0.5, 0.6) is 0 Å². The molecule has 4 nitrogen and oxygen atoms in total. The Bertz CT molecular complexity index is 563. The molecule has 0 aliphatic carbocycles. The fraction of sp³-hybridized carbons (Fsp3) is 0.500. The number of nitrogens with two attached hydrogens (primary N) is 1. The Balaban J connectivity index is 2.44. The third kappa shape index (κ3) is 2.42. The molecular formula is C12H13BrF3N3O. The van der Waals surface area contributed by atoms with Crippen LogP contribution in [-0.4, -0.2) is 29.2 Å².